The van der Waals surface area contributed by atoms with Crippen LogP contribution in [0.25, 0.3) is 0 Å². The molecule has 2 fully saturated rings. The molecule has 152 valence electrons. The highest BCUT2D eigenvalue weighted by molar-refractivity contribution is 5.76. The van der Waals surface area contributed by atoms with E-state index in [4.69, 9.17) is 0 Å². The van der Waals surface area contributed by atoms with Crippen LogP contribution in [-0.4, -0.2) is 48.4 Å². The number of nitrogens with zero attached hydrogens (tertiary/aromatic N) is 2. The van der Waals surface area contributed by atoms with Gasteiger partial charge in [0.25, 0.3) is 0 Å². The van der Waals surface area contributed by atoms with Gasteiger partial charge in [0.1, 0.15) is 0 Å². The van der Waals surface area contributed by atoms with E-state index < -0.39 is 0 Å². The molecule has 0 atom stereocenters. The molecular formula is C23H44N2O. The first-order valence-corrected chi connectivity index (χ1v) is 11.5. The van der Waals surface area contributed by atoms with E-state index in [0.717, 1.165) is 31.8 Å². The van der Waals surface area contributed by atoms with Gasteiger partial charge >= 0.3 is 0 Å². The Morgan fingerprint density at radius 3 is 1.92 bits per heavy atom. The number of amides is 1. The lowest BCUT2D eigenvalue weighted by molar-refractivity contribution is -0.134. The van der Waals surface area contributed by atoms with Crippen LogP contribution in [0.5, 0.6) is 0 Å². The Hall–Kier alpha value is -0.570. The number of rotatable bonds is 9. The lowest BCUT2D eigenvalue weighted by Crippen LogP contribution is -2.48. The number of carbonyl (C=O) groups is 1. The molecular weight excluding hydrogens is 320 g/mol. The van der Waals surface area contributed by atoms with E-state index in [9.17, 15) is 4.79 Å². The van der Waals surface area contributed by atoms with Gasteiger partial charge in [0.15, 0.2) is 0 Å². The quantitative estimate of drug-likeness (QED) is 0.551. The van der Waals surface area contributed by atoms with Crippen molar-refractivity contribution in [2.45, 2.75) is 91.9 Å². The summed E-state index contributed by atoms with van der Waals surface area (Å²) >= 11 is 0. The molecule has 3 heteroatoms. The molecule has 2 heterocycles. The second-order valence-electron chi connectivity index (χ2n) is 9.56. The van der Waals surface area contributed by atoms with Crippen LogP contribution in [0.15, 0.2) is 0 Å². The van der Waals surface area contributed by atoms with E-state index in [0.29, 0.717) is 17.2 Å². The molecule has 0 saturated carbocycles. The van der Waals surface area contributed by atoms with Crippen LogP contribution in [-0.2, 0) is 4.79 Å². The van der Waals surface area contributed by atoms with Crippen LogP contribution in [0.4, 0.5) is 0 Å². The molecule has 1 amide bonds. The van der Waals surface area contributed by atoms with Crippen molar-refractivity contribution in [3.05, 3.63) is 0 Å². The predicted octanol–water partition coefficient (Wildman–Crippen LogP) is 5.34. The molecule has 0 aromatic heterocycles. The maximum Gasteiger partial charge on any atom is 0.222 e. The fourth-order valence-electron chi connectivity index (χ4n) is 5.02. The molecule has 0 N–H and O–H groups in total. The summed E-state index contributed by atoms with van der Waals surface area (Å²) in [6.07, 6.45) is 12.4. The summed E-state index contributed by atoms with van der Waals surface area (Å²) in [5.74, 6) is 1.93. The van der Waals surface area contributed by atoms with Gasteiger partial charge in [0.05, 0.1) is 0 Å². The fraction of sp³-hybridized carbons (Fsp3) is 0.957. The molecule has 2 aliphatic heterocycles. The third kappa shape index (κ3) is 6.55. The van der Waals surface area contributed by atoms with E-state index in [1.54, 1.807) is 0 Å². The van der Waals surface area contributed by atoms with Crippen LogP contribution < -0.4 is 0 Å². The highest BCUT2D eigenvalue weighted by Gasteiger charge is 2.38. The minimum atomic E-state index is 0.396. The summed E-state index contributed by atoms with van der Waals surface area (Å²) in [5.41, 5.74) is 0.538. The van der Waals surface area contributed by atoms with Crippen LogP contribution in [0.2, 0.25) is 0 Å². The average Bonchev–Trinajstić information content (AvgIpc) is 2.63. The van der Waals surface area contributed by atoms with Crippen molar-refractivity contribution in [3.63, 3.8) is 0 Å². The number of carbonyl (C=O) groups excluding carboxylic acids is 1. The van der Waals surface area contributed by atoms with Gasteiger partial charge in [-0.25, -0.2) is 0 Å². The lowest BCUT2D eigenvalue weighted by atomic mass is 9.71. The zero-order valence-corrected chi connectivity index (χ0v) is 18.1. The van der Waals surface area contributed by atoms with Crippen molar-refractivity contribution < 1.29 is 4.79 Å². The molecule has 1 spiro atoms. The second-order valence-corrected chi connectivity index (χ2v) is 9.56. The Kier molecular flexibility index (Phi) is 8.93. The third-order valence-electron chi connectivity index (χ3n) is 6.94. The summed E-state index contributed by atoms with van der Waals surface area (Å²) < 4.78 is 0. The highest BCUT2D eigenvalue weighted by Crippen LogP contribution is 2.41. The minimum Gasteiger partial charge on any atom is -0.343 e. The second kappa shape index (κ2) is 10.7. The molecule has 0 aromatic rings. The molecule has 2 saturated heterocycles. The van der Waals surface area contributed by atoms with Crippen LogP contribution in [0.1, 0.15) is 91.9 Å². The Labute approximate surface area is 162 Å². The van der Waals surface area contributed by atoms with Crippen molar-refractivity contribution in [2.75, 3.05) is 32.7 Å². The maximum atomic E-state index is 12.4. The largest absolute Gasteiger partial charge is 0.343 e. The number of likely N-dealkylation sites (tertiary alicyclic amines) is 2. The number of hydrogen-bond acceptors (Lipinski definition) is 2. The van der Waals surface area contributed by atoms with E-state index in [1.807, 2.05) is 0 Å². The molecule has 0 unspecified atom stereocenters. The van der Waals surface area contributed by atoms with Gasteiger partial charge < -0.3 is 9.80 Å². The van der Waals surface area contributed by atoms with Gasteiger partial charge in [0, 0.05) is 26.1 Å². The van der Waals surface area contributed by atoms with Crippen molar-refractivity contribution in [1.29, 1.82) is 0 Å². The Morgan fingerprint density at radius 1 is 0.885 bits per heavy atom. The van der Waals surface area contributed by atoms with Crippen LogP contribution in [0, 0.1) is 17.3 Å². The summed E-state index contributed by atoms with van der Waals surface area (Å²) in [6.45, 7) is 15.0. The molecule has 2 aliphatic rings. The van der Waals surface area contributed by atoms with Gasteiger partial charge in [-0.3, -0.25) is 4.79 Å². The van der Waals surface area contributed by atoms with Crippen LogP contribution in [0.3, 0.4) is 0 Å². The normalized spacial score (nSPS) is 21.1. The fourth-order valence-corrected chi connectivity index (χ4v) is 5.02. The number of piperidine rings is 2. The Bertz CT molecular complexity index is 396. The van der Waals surface area contributed by atoms with Crippen molar-refractivity contribution in [3.8, 4) is 0 Å². The minimum absolute atomic E-state index is 0.396. The smallest absolute Gasteiger partial charge is 0.222 e. The molecule has 0 aliphatic carbocycles. The van der Waals surface area contributed by atoms with Crippen molar-refractivity contribution >= 4 is 5.91 Å². The van der Waals surface area contributed by atoms with E-state index in [2.05, 4.69) is 37.5 Å². The SMILES string of the molecule is CCCC(CCC)CN1CCC2(CC1)CCN(C(=O)CCC(C)C)CC2. The molecule has 2 rings (SSSR count). The molecule has 3 nitrogen and oxygen atoms in total. The van der Waals surface area contributed by atoms with E-state index >= 15 is 0 Å². The predicted molar refractivity (Wildman–Crippen MR) is 111 cm³/mol. The first-order valence-electron chi connectivity index (χ1n) is 11.5. The lowest BCUT2D eigenvalue weighted by Gasteiger charge is -2.47. The molecule has 0 bridgehead atoms. The van der Waals surface area contributed by atoms with Gasteiger partial charge in [-0.15, -0.1) is 0 Å². The summed E-state index contributed by atoms with van der Waals surface area (Å²) in [7, 11) is 0. The summed E-state index contributed by atoms with van der Waals surface area (Å²) in [5, 5.41) is 0. The monoisotopic (exact) mass is 364 g/mol. The van der Waals surface area contributed by atoms with E-state index in [-0.39, 0.29) is 0 Å². The Balaban J connectivity index is 1.73. The third-order valence-corrected chi connectivity index (χ3v) is 6.94. The standard InChI is InChI=1S/C23H44N2O/c1-5-7-21(8-6-2)19-24-15-11-23(12-16-24)13-17-25(18-14-23)22(26)10-9-20(3)4/h20-21H,5-19H2,1-4H3. The van der Waals surface area contributed by atoms with Gasteiger partial charge in [0.2, 0.25) is 5.91 Å². The maximum absolute atomic E-state index is 12.4. The molecule has 0 aromatic carbocycles. The molecule has 0 radical (unpaired) electrons. The zero-order chi connectivity index (χ0) is 19.0. The highest BCUT2D eigenvalue weighted by atomic mass is 16.2. The van der Waals surface area contributed by atoms with Crippen molar-refractivity contribution in [2.24, 2.45) is 17.3 Å². The molecule has 26 heavy (non-hydrogen) atoms. The van der Waals surface area contributed by atoms with Gasteiger partial charge in [-0.05, 0) is 75.3 Å². The average molecular weight is 365 g/mol. The Morgan fingerprint density at radius 2 is 1.42 bits per heavy atom. The zero-order valence-electron chi connectivity index (χ0n) is 18.1. The first-order chi connectivity index (χ1) is 12.5. The first kappa shape index (κ1) is 21.7. The van der Waals surface area contributed by atoms with Gasteiger partial charge in [-0.2, -0.15) is 0 Å². The summed E-state index contributed by atoms with van der Waals surface area (Å²) in [6, 6.07) is 0. The van der Waals surface area contributed by atoms with Gasteiger partial charge in [-0.1, -0.05) is 40.5 Å². The number of hydrogen-bond donors (Lipinski definition) is 0. The summed E-state index contributed by atoms with van der Waals surface area (Å²) in [4.78, 5) is 17.3. The topological polar surface area (TPSA) is 23.6 Å². The van der Waals surface area contributed by atoms with E-state index in [1.165, 1.54) is 71.0 Å². The van der Waals surface area contributed by atoms with Crippen LogP contribution >= 0.6 is 0 Å². The van der Waals surface area contributed by atoms with Crippen molar-refractivity contribution in [1.82, 2.24) is 9.80 Å².